The highest BCUT2D eigenvalue weighted by Gasteiger charge is 2.28. The first kappa shape index (κ1) is 13.5. The average molecular weight is 226 g/mol. The molecule has 16 heavy (non-hydrogen) atoms. The predicted octanol–water partition coefficient (Wildman–Crippen LogP) is 2.01. The van der Waals surface area contributed by atoms with Crippen LogP contribution in [0.3, 0.4) is 0 Å². The molecule has 2 unspecified atom stereocenters. The van der Waals surface area contributed by atoms with Crippen LogP contribution in [-0.4, -0.2) is 29.9 Å². The van der Waals surface area contributed by atoms with Crippen molar-refractivity contribution in [1.29, 1.82) is 0 Å². The Hall–Kier alpha value is -0.570. The SMILES string of the molecule is CC(N)C1CCN(C(=O)CCC(C)(C)C)C1. The highest BCUT2D eigenvalue weighted by molar-refractivity contribution is 5.76. The van der Waals surface area contributed by atoms with Gasteiger partial charge in [0.25, 0.3) is 0 Å². The molecule has 2 atom stereocenters. The molecular formula is C13H26N2O. The van der Waals surface area contributed by atoms with E-state index in [9.17, 15) is 4.79 Å². The summed E-state index contributed by atoms with van der Waals surface area (Å²) in [6.45, 7) is 10.3. The minimum Gasteiger partial charge on any atom is -0.342 e. The third-order valence-electron chi connectivity index (χ3n) is 3.41. The topological polar surface area (TPSA) is 46.3 Å². The van der Waals surface area contributed by atoms with Crippen LogP contribution in [0.1, 0.15) is 47.0 Å². The highest BCUT2D eigenvalue weighted by atomic mass is 16.2. The molecule has 1 saturated heterocycles. The normalized spacial score (nSPS) is 23.6. The van der Waals surface area contributed by atoms with Crippen LogP contribution in [0.25, 0.3) is 0 Å². The molecule has 94 valence electrons. The number of nitrogens with zero attached hydrogens (tertiary/aromatic N) is 1. The van der Waals surface area contributed by atoms with Crippen molar-refractivity contribution in [2.24, 2.45) is 17.1 Å². The molecule has 0 saturated carbocycles. The van der Waals surface area contributed by atoms with Gasteiger partial charge >= 0.3 is 0 Å². The summed E-state index contributed by atoms with van der Waals surface area (Å²) >= 11 is 0. The second kappa shape index (κ2) is 5.17. The van der Waals surface area contributed by atoms with Gasteiger partial charge in [0.05, 0.1) is 0 Å². The van der Waals surface area contributed by atoms with Crippen LogP contribution in [0.4, 0.5) is 0 Å². The van der Waals surface area contributed by atoms with E-state index in [4.69, 9.17) is 5.73 Å². The van der Waals surface area contributed by atoms with Gasteiger partial charge < -0.3 is 10.6 Å². The lowest BCUT2D eigenvalue weighted by Gasteiger charge is -2.21. The molecule has 3 nitrogen and oxygen atoms in total. The standard InChI is InChI=1S/C13H26N2O/c1-10(14)11-6-8-15(9-11)12(16)5-7-13(2,3)4/h10-11H,5-9,14H2,1-4H3. The third kappa shape index (κ3) is 4.12. The minimum atomic E-state index is 0.209. The number of nitrogens with two attached hydrogens (primary N) is 1. The lowest BCUT2D eigenvalue weighted by molar-refractivity contribution is -0.130. The van der Waals surface area contributed by atoms with E-state index in [1.54, 1.807) is 0 Å². The van der Waals surface area contributed by atoms with Gasteiger partial charge in [-0.05, 0) is 31.1 Å². The molecule has 2 N–H and O–H groups in total. The number of rotatable bonds is 3. The van der Waals surface area contributed by atoms with Gasteiger partial charge in [-0.2, -0.15) is 0 Å². The first-order chi connectivity index (χ1) is 7.29. The fourth-order valence-electron chi connectivity index (χ4n) is 2.08. The fourth-order valence-corrected chi connectivity index (χ4v) is 2.08. The summed E-state index contributed by atoms with van der Waals surface area (Å²) in [5, 5.41) is 0. The molecule has 1 heterocycles. The molecule has 1 amide bonds. The summed E-state index contributed by atoms with van der Waals surface area (Å²) < 4.78 is 0. The summed E-state index contributed by atoms with van der Waals surface area (Å²) in [4.78, 5) is 13.9. The summed E-state index contributed by atoms with van der Waals surface area (Å²) in [7, 11) is 0. The Kier molecular flexibility index (Phi) is 4.36. The molecule has 0 spiro atoms. The first-order valence-electron chi connectivity index (χ1n) is 6.33. The van der Waals surface area contributed by atoms with E-state index < -0.39 is 0 Å². The van der Waals surface area contributed by atoms with E-state index in [2.05, 4.69) is 20.8 Å². The molecule has 1 rings (SSSR count). The van der Waals surface area contributed by atoms with Gasteiger partial charge in [0.2, 0.25) is 5.91 Å². The van der Waals surface area contributed by atoms with Crippen molar-refractivity contribution in [2.45, 2.75) is 53.0 Å². The second-order valence-electron chi connectivity index (χ2n) is 6.31. The van der Waals surface area contributed by atoms with Gasteiger partial charge in [-0.25, -0.2) is 0 Å². The van der Waals surface area contributed by atoms with E-state index in [1.807, 2.05) is 11.8 Å². The molecule has 3 heteroatoms. The smallest absolute Gasteiger partial charge is 0.222 e. The number of hydrogen-bond donors (Lipinski definition) is 1. The van der Waals surface area contributed by atoms with Crippen molar-refractivity contribution in [1.82, 2.24) is 4.90 Å². The summed E-state index contributed by atoms with van der Waals surface area (Å²) in [5.74, 6) is 0.802. The Bertz CT molecular complexity index is 243. The maximum Gasteiger partial charge on any atom is 0.222 e. The van der Waals surface area contributed by atoms with Crippen LogP contribution in [0.15, 0.2) is 0 Å². The Balaban J connectivity index is 2.34. The molecular weight excluding hydrogens is 200 g/mol. The molecule has 0 bridgehead atoms. The van der Waals surface area contributed by atoms with Gasteiger partial charge in [0.15, 0.2) is 0 Å². The van der Waals surface area contributed by atoms with Gasteiger partial charge in [-0.3, -0.25) is 4.79 Å². The van der Waals surface area contributed by atoms with Crippen LogP contribution >= 0.6 is 0 Å². The Labute approximate surface area is 99.4 Å². The highest BCUT2D eigenvalue weighted by Crippen LogP contribution is 2.24. The van der Waals surface area contributed by atoms with Crippen molar-refractivity contribution >= 4 is 5.91 Å². The van der Waals surface area contributed by atoms with Crippen molar-refractivity contribution in [3.05, 3.63) is 0 Å². The van der Waals surface area contributed by atoms with Crippen LogP contribution in [-0.2, 0) is 4.79 Å². The van der Waals surface area contributed by atoms with E-state index in [0.717, 1.165) is 25.9 Å². The first-order valence-corrected chi connectivity index (χ1v) is 6.33. The monoisotopic (exact) mass is 226 g/mol. The minimum absolute atomic E-state index is 0.209. The Morgan fingerprint density at radius 2 is 2.12 bits per heavy atom. The summed E-state index contributed by atoms with van der Waals surface area (Å²) in [5.41, 5.74) is 6.11. The molecule has 0 radical (unpaired) electrons. The Morgan fingerprint density at radius 3 is 2.56 bits per heavy atom. The van der Waals surface area contributed by atoms with Crippen LogP contribution in [0, 0.1) is 11.3 Å². The number of carbonyl (C=O) groups is 1. The van der Waals surface area contributed by atoms with Gasteiger partial charge in [0, 0.05) is 25.6 Å². The van der Waals surface area contributed by atoms with Gasteiger partial charge in [-0.15, -0.1) is 0 Å². The van der Waals surface area contributed by atoms with E-state index in [1.165, 1.54) is 0 Å². The zero-order valence-corrected chi connectivity index (χ0v) is 11.1. The zero-order chi connectivity index (χ0) is 12.3. The van der Waals surface area contributed by atoms with Crippen molar-refractivity contribution < 1.29 is 4.79 Å². The molecule has 0 aromatic rings. The summed E-state index contributed by atoms with van der Waals surface area (Å²) in [6, 6.07) is 0.209. The van der Waals surface area contributed by atoms with Crippen molar-refractivity contribution in [3.8, 4) is 0 Å². The van der Waals surface area contributed by atoms with Gasteiger partial charge in [0.1, 0.15) is 0 Å². The van der Waals surface area contributed by atoms with Crippen LogP contribution in [0.2, 0.25) is 0 Å². The second-order valence-corrected chi connectivity index (χ2v) is 6.31. The maximum absolute atomic E-state index is 11.9. The Morgan fingerprint density at radius 1 is 1.50 bits per heavy atom. The average Bonchev–Trinajstić information content (AvgIpc) is 2.61. The quantitative estimate of drug-likeness (QED) is 0.800. The summed E-state index contributed by atoms with van der Waals surface area (Å²) in [6.07, 6.45) is 2.71. The molecule has 1 aliphatic heterocycles. The number of likely N-dealkylation sites (tertiary alicyclic amines) is 1. The fraction of sp³-hybridized carbons (Fsp3) is 0.923. The van der Waals surface area contributed by atoms with E-state index in [0.29, 0.717) is 18.2 Å². The number of hydrogen-bond acceptors (Lipinski definition) is 2. The molecule has 0 aromatic heterocycles. The van der Waals surface area contributed by atoms with Crippen LogP contribution in [0.5, 0.6) is 0 Å². The lowest BCUT2D eigenvalue weighted by Crippen LogP contribution is -2.33. The molecule has 1 aliphatic rings. The van der Waals surface area contributed by atoms with Crippen LogP contribution < -0.4 is 5.73 Å². The molecule has 0 aromatic carbocycles. The van der Waals surface area contributed by atoms with E-state index in [-0.39, 0.29) is 11.5 Å². The van der Waals surface area contributed by atoms with Crippen molar-refractivity contribution in [3.63, 3.8) is 0 Å². The number of amides is 1. The molecule has 0 aliphatic carbocycles. The largest absolute Gasteiger partial charge is 0.342 e. The maximum atomic E-state index is 11.9. The molecule has 1 fully saturated rings. The van der Waals surface area contributed by atoms with E-state index >= 15 is 0 Å². The zero-order valence-electron chi connectivity index (χ0n) is 11.1. The third-order valence-corrected chi connectivity index (χ3v) is 3.41. The number of carbonyl (C=O) groups excluding carboxylic acids is 1. The predicted molar refractivity (Wildman–Crippen MR) is 67.0 cm³/mol. The van der Waals surface area contributed by atoms with Gasteiger partial charge in [-0.1, -0.05) is 20.8 Å². The lowest BCUT2D eigenvalue weighted by atomic mass is 9.90. The van der Waals surface area contributed by atoms with Crippen molar-refractivity contribution in [2.75, 3.05) is 13.1 Å².